The molecule has 0 aromatic rings. The highest BCUT2D eigenvalue weighted by atomic mass is 28.4. The van der Waals surface area contributed by atoms with E-state index in [-0.39, 0.29) is 18.1 Å². The zero-order chi connectivity index (χ0) is 14.9. The van der Waals surface area contributed by atoms with Gasteiger partial charge in [0.1, 0.15) is 0 Å². The van der Waals surface area contributed by atoms with Crippen LogP contribution in [0.5, 0.6) is 0 Å². The topological polar surface area (TPSA) is 76.0 Å². The molecular formula is C13H26O5Si. The molecule has 0 spiro atoms. The number of carbonyl (C=O) groups is 1. The van der Waals surface area contributed by atoms with Gasteiger partial charge in [0.2, 0.25) is 0 Å². The molecule has 0 aliphatic carbocycles. The van der Waals surface area contributed by atoms with E-state index in [0.29, 0.717) is 13.0 Å². The van der Waals surface area contributed by atoms with E-state index in [1.807, 2.05) is 0 Å². The SMILES string of the molecule is CC(C)(C)[Si](C)(C)OC1CCOCCC1(O)C(=O)O. The van der Waals surface area contributed by atoms with Crippen LogP contribution >= 0.6 is 0 Å². The molecule has 1 heterocycles. The average molecular weight is 290 g/mol. The first-order chi connectivity index (χ1) is 8.51. The van der Waals surface area contributed by atoms with Gasteiger partial charge in [-0.1, -0.05) is 20.8 Å². The van der Waals surface area contributed by atoms with Crippen LogP contribution in [0.25, 0.3) is 0 Å². The number of rotatable bonds is 3. The van der Waals surface area contributed by atoms with Crippen LogP contribution in [0.15, 0.2) is 0 Å². The molecule has 112 valence electrons. The third-order valence-electron chi connectivity index (χ3n) is 4.30. The molecule has 1 aliphatic heterocycles. The minimum Gasteiger partial charge on any atom is -0.479 e. The zero-order valence-electron chi connectivity index (χ0n) is 12.5. The molecule has 1 saturated heterocycles. The zero-order valence-corrected chi connectivity index (χ0v) is 13.5. The van der Waals surface area contributed by atoms with E-state index < -0.39 is 26.0 Å². The molecule has 5 nitrogen and oxygen atoms in total. The van der Waals surface area contributed by atoms with Crippen LogP contribution in [0.3, 0.4) is 0 Å². The predicted octanol–water partition coefficient (Wildman–Crippen LogP) is 2.00. The number of ether oxygens (including phenoxy) is 1. The normalized spacial score (nSPS) is 29.9. The Morgan fingerprint density at radius 3 is 2.42 bits per heavy atom. The third-order valence-corrected chi connectivity index (χ3v) is 8.78. The molecule has 1 fully saturated rings. The molecule has 2 atom stereocenters. The maximum Gasteiger partial charge on any atom is 0.338 e. The molecule has 2 N–H and O–H groups in total. The van der Waals surface area contributed by atoms with Gasteiger partial charge in [-0.3, -0.25) is 0 Å². The maximum absolute atomic E-state index is 11.4. The molecule has 0 radical (unpaired) electrons. The van der Waals surface area contributed by atoms with Crippen molar-refractivity contribution in [3.05, 3.63) is 0 Å². The minimum absolute atomic E-state index is 0.0282. The van der Waals surface area contributed by atoms with Crippen LogP contribution in [-0.4, -0.2) is 49.4 Å². The van der Waals surface area contributed by atoms with Crippen LogP contribution in [0.1, 0.15) is 33.6 Å². The van der Waals surface area contributed by atoms with E-state index in [1.54, 1.807) is 0 Å². The van der Waals surface area contributed by atoms with Gasteiger partial charge in [-0.15, -0.1) is 0 Å². The lowest BCUT2D eigenvalue weighted by Gasteiger charge is -2.42. The third kappa shape index (κ3) is 3.56. The van der Waals surface area contributed by atoms with E-state index >= 15 is 0 Å². The first-order valence-electron chi connectivity index (χ1n) is 6.72. The van der Waals surface area contributed by atoms with E-state index in [0.717, 1.165) is 0 Å². The number of hydrogen-bond acceptors (Lipinski definition) is 4. The second kappa shape index (κ2) is 5.52. The number of aliphatic carboxylic acids is 1. The second-order valence-electron chi connectivity index (χ2n) is 6.75. The Kier molecular flexibility index (Phi) is 4.82. The van der Waals surface area contributed by atoms with Crippen LogP contribution in [-0.2, 0) is 14.0 Å². The summed E-state index contributed by atoms with van der Waals surface area (Å²) in [6.45, 7) is 11.1. The lowest BCUT2D eigenvalue weighted by molar-refractivity contribution is -0.170. The molecule has 0 amide bonds. The fraction of sp³-hybridized carbons (Fsp3) is 0.923. The monoisotopic (exact) mass is 290 g/mol. The Bertz CT molecular complexity index is 336. The van der Waals surface area contributed by atoms with Crippen LogP contribution in [0, 0.1) is 0 Å². The lowest BCUT2D eigenvalue weighted by Crippen LogP contribution is -2.56. The van der Waals surface area contributed by atoms with Gasteiger partial charge in [-0.2, -0.15) is 0 Å². The molecule has 0 aromatic carbocycles. The maximum atomic E-state index is 11.4. The molecule has 19 heavy (non-hydrogen) atoms. The Balaban J connectivity index is 2.97. The van der Waals surface area contributed by atoms with Crippen molar-refractivity contribution in [2.75, 3.05) is 13.2 Å². The summed E-state index contributed by atoms with van der Waals surface area (Å²) in [7, 11) is -2.13. The Hall–Kier alpha value is -0.433. The van der Waals surface area contributed by atoms with Crippen molar-refractivity contribution in [1.82, 2.24) is 0 Å². The molecular weight excluding hydrogens is 264 g/mol. The van der Waals surface area contributed by atoms with E-state index in [1.165, 1.54) is 0 Å². The summed E-state index contributed by atoms with van der Waals surface area (Å²) >= 11 is 0. The van der Waals surface area contributed by atoms with Gasteiger partial charge in [0.05, 0.1) is 6.10 Å². The molecule has 1 rings (SSSR count). The van der Waals surface area contributed by atoms with Crippen LogP contribution in [0.4, 0.5) is 0 Å². The molecule has 0 aromatic heterocycles. The fourth-order valence-corrected chi connectivity index (χ4v) is 3.23. The van der Waals surface area contributed by atoms with Crippen molar-refractivity contribution in [2.24, 2.45) is 0 Å². The standard InChI is InChI=1S/C13H26O5Si/c1-12(2,3)19(4,5)18-10-6-8-17-9-7-13(10,16)11(14)15/h10,16H,6-9H2,1-5H3,(H,14,15). The first-order valence-corrected chi connectivity index (χ1v) is 9.63. The number of carboxylic acids is 1. The second-order valence-corrected chi connectivity index (χ2v) is 11.5. The van der Waals surface area contributed by atoms with E-state index in [9.17, 15) is 15.0 Å². The van der Waals surface area contributed by atoms with E-state index in [2.05, 4.69) is 33.9 Å². The highest BCUT2D eigenvalue weighted by molar-refractivity contribution is 6.74. The summed E-state index contributed by atoms with van der Waals surface area (Å²) in [6, 6.07) is 0. The smallest absolute Gasteiger partial charge is 0.338 e. The summed E-state index contributed by atoms with van der Waals surface area (Å²) in [4.78, 5) is 11.4. The van der Waals surface area contributed by atoms with Crippen LogP contribution < -0.4 is 0 Å². The summed E-state index contributed by atoms with van der Waals surface area (Å²) in [5.74, 6) is -1.22. The van der Waals surface area contributed by atoms with Gasteiger partial charge in [0.15, 0.2) is 13.9 Å². The average Bonchev–Trinajstić information content (AvgIpc) is 2.41. The van der Waals surface area contributed by atoms with Crippen LogP contribution in [0.2, 0.25) is 18.1 Å². The van der Waals surface area contributed by atoms with Crippen molar-refractivity contribution in [3.63, 3.8) is 0 Å². The molecule has 0 saturated carbocycles. The van der Waals surface area contributed by atoms with Gasteiger partial charge in [-0.25, -0.2) is 4.79 Å². The van der Waals surface area contributed by atoms with Crippen molar-refractivity contribution in [2.45, 2.75) is 63.5 Å². The van der Waals surface area contributed by atoms with Gasteiger partial charge >= 0.3 is 5.97 Å². The predicted molar refractivity (Wildman–Crippen MR) is 74.7 cm³/mol. The first kappa shape index (κ1) is 16.6. The van der Waals surface area contributed by atoms with Gasteiger partial charge < -0.3 is 19.4 Å². The number of carboxylic acid groups (broad SMARTS) is 1. The quantitative estimate of drug-likeness (QED) is 0.778. The molecule has 0 bridgehead atoms. The Labute approximate surface area is 116 Å². The Morgan fingerprint density at radius 1 is 1.37 bits per heavy atom. The summed E-state index contributed by atoms with van der Waals surface area (Å²) in [5, 5.41) is 19.7. The highest BCUT2D eigenvalue weighted by Gasteiger charge is 2.50. The van der Waals surface area contributed by atoms with Gasteiger partial charge in [-0.05, 0) is 24.6 Å². The number of aliphatic hydroxyl groups is 1. The molecule has 6 heteroatoms. The largest absolute Gasteiger partial charge is 0.479 e. The van der Waals surface area contributed by atoms with Crippen molar-refractivity contribution >= 4 is 14.3 Å². The van der Waals surface area contributed by atoms with Crippen molar-refractivity contribution in [1.29, 1.82) is 0 Å². The van der Waals surface area contributed by atoms with Crippen molar-refractivity contribution in [3.8, 4) is 0 Å². The van der Waals surface area contributed by atoms with Crippen molar-refractivity contribution < 1.29 is 24.2 Å². The number of hydrogen-bond donors (Lipinski definition) is 2. The summed E-state index contributed by atoms with van der Waals surface area (Å²) in [5.41, 5.74) is -1.84. The highest BCUT2D eigenvalue weighted by Crippen LogP contribution is 2.39. The Morgan fingerprint density at radius 2 is 1.95 bits per heavy atom. The summed E-state index contributed by atoms with van der Waals surface area (Å²) in [6.07, 6.45) is -0.217. The molecule has 1 aliphatic rings. The minimum atomic E-state index is -2.13. The molecule has 2 unspecified atom stereocenters. The lowest BCUT2D eigenvalue weighted by atomic mass is 9.92. The van der Waals surface area contributed by atoms with Gasteiger partial charge in [0, 0.05) is 19.6 Å². The van der Waals surface area contributed by atoms with E-state index in [4.69, 9.17) is 9.16 Å². The fourth-order valence-electron chi connectivity index (χ4n) is 1.85. The van der Waals surface area contributed by atoms with Gasteiger partial charge in [0.25, 0.3) is 0 Å². The summed E-state index contributed by atoms with van der Waals surface area (Å²) < 4.78 is 11.4.